The Morgan fingerprint density at radius 3 is 2.12 bits per heavy atom. The highest BCUT2D eigenvalue weighted by Crippen LogP contribution is 2.19. The third-order valence-electron chi connectivity index (χ3n) is 2.66. The topological polar surface area (TPSA) is 0 Å². The summed E-state index contributed by atoms with van der Waals surface area (Å²) in [4.78, 5) is 0. The number of rotatable bonds is 4. The summed E-state index contributed by atoms with van der Waals surface area (Å²) in [5.74, 6) is 0.734. The van der Waals surface area contributed by atoms with Gasteiger partial charge in [-0.2, -0.15) is 0 Å². The smallest absolute Gasteiger partial charge is 0.0256 e. The molecule has 0 amide bonds. The minimum atomic E-state index is 0.383. The average molecular weight is 230 g/mol. The van der Waals surface area contributed by atoms with Gasteiger partial charge in [0.2, 0.25) is 0 Å². The summed E-state index contributed by atoms with van der Waals surface area (Å²) < 4.78 is 0. The van der Waals surface area contributed by atoms with Crippen LogP contribution in [0.3, 0.4) is 0 Å². The Morgan fingerprint density at radius 2 is 1.65 bits per heavy atom. The predicted octanol–water partition coefficient (Wildman–Crippen LogP) is 5.33. The SMILES string of the molecule is CC(C)Cc1ccc(/C=C/CC(C)(C)C)cc1. The summed E-state index contributed by atoms with van der Waals surface area (Å²) in [6, 6.07) is 8.93. The van der Waals surface area contributed by atoms with E-state index < -0.39 is 0 Å². The highest BCUT2D eigenvalue weighted by molar-refractivity contribution is 5.49. The maximum Gasteiger partial charge on any atom is -0.0256 e. The first kappa shape index (κ1) is 14.0. The summed E-state index contributed by atoms with van der Waals surface area (Å²) in [5.41, 5.74) is 3.13. The van der Waals surface area contributed by atoms with E-state index >= 15 is 0 Å². The van der Waals surface area contributed by atoms with Crippen molar-refractivity contribution < 1.29 is 0 Å². The van der Waals surface area contributed by atoms with Gasteiger partial charge in [-0.3, -0.25) is 0 Å². The van der Waals surface area contributed by atoms with E-state index in [1.807, 2.05) is 0 Å². The van der Waals surface area contributed by atoms with Crippen LogP contribution in [0.1, 0.15) is 52.2 Å². The predicted molar refractivity (Wildman–Crippen MR) is 78.1 cm³/mol. The zero-order valence-corrected chi connectivity index (χ0v) is 12.0. The molecule has 1 aromatic rings. The van der Waals surface area contributed by atoms with E-state index in [1.165, 1.54) is 17.5 Å². The molecule has 0 unspecified atom stereocenters. The Labute approximate surface area is 107 Å². The van der Waals surface area contributed by atoms with Crippen LogP contribution in [0.25, 0.3) is 6.08 Å². The lowest BCUT2D eigenvalue weighted by Crippen LogP contribution is -2.01. The van der Waals surface area contributed by atoms with Crippen LogP contribution < -0.4 is 0 Å². The van der Waals surface area contributed by atoms with Gasteiger partial charge in [-0.05, 0) is 35.3 Å². The molecule has 17 heavy (non-hydrogen) atoms. The van der Waals surface area contributed by atoms with Crippen molar-refractivity contribution in [3.8, 4) is 0 Å². The Kier molecular flexibility index (Phi) is 4.99. The molecule has 0 saturated heterocycles. The Bertz CT molecular complexity index is 347. The van der Waals surface area contributed by atoms with E-state index in [0.717, 1.165) is 12.3 Å². The van der Waals surface area contributed by atoms with Crippen LogP contribution in [0, 0.1) is 11.3 Å². The fourth-order valence-electron chi connectivity index (χ4n) is 1.78. The van der Waals surface area contributed by atoms with Crippen molar-refractivity contribution in [2.45, 2.75) is 47.5 Å². The first-order chi connectivity index (χ1) is 7.87. The van der Waals surface area contributed by atoms with Gasteiger partial charge in [0, 0.05) is 0 Å². The molecule has 94 valence electrons. The highest BCUT2D eigenvalue weighted by Gasteiger charge is 2.06. The van der Waals surface area contributed by atoms with E-state index in [2.05, 4.69) is 71.0 Å². The first-order valence-electron chi connectivity index (χ1n) is 6.62. The van der Waals surface area contributed by atoms with Crippen LogP contribution in [0.15, 0.2) is 30.3 Å². The van der Waals surface area contributed by atoms with Gasteiger partial charge in [0.1, 0.15) is 0 Å². The van der Waals surface area contributed by atoms with Crippen LogP contribution >= 0.6 is 0 Å². The minimum absolute atomic E-state index is 0.383. The van der Waals surface area contributed by atoms with Gasteiger partial charge in [-0.1, -0.05) is 71.0 Å². The van der Waals surface area contributed by atoms with Crippen molar-refractivity contribution in [2.75, 3.05) is 0 Å². The monoisotopic (exact) mass is 230 g/mol. The third-order valence-corrected chi connectivity index (χ3v) is 2.66. The Balaban J connectivity index is 2.56. The molecule has 0 aromatic heterocycles. The molecule has 0 fully saturated rings. The van der Waals surface area contributed by atoms with Crippen molar-refractivity contribution in [2.24, 2.45) is 11.3 Å². The van der Waals surface area contributed by atoms with Crippen LogP contribution in [0.5, 0.6) is 0 Å². The molecule has 0 heteroatoms. The summed E-state index contributed by atoms with van der Waals surface area (Å²) in [5, 5.41) is 0. The Hall–Kier alpha value is -1.04. The van der Waals surface area contributed by atoms with Crippen molar-refractivity contribution in [1.29, 1.82) is 0 Å². The molecule has 0 aliphatic heterocycles. The van der Waals surface area contributed by atoms with Gasteiger partial charge in [0.05, 0.1) is 0 Å². The third kappa shape index (κ3) is 6.31. The van der Waals surface area contributed by atoms with Crippen LogP contribution in [-0.2, 0) is 6.42 Å². The van der Waals surface area contributed by atoms with E-state index in [4.69, 9.17) is 0 Å². The standard InChI is InChI=1S/C17H26/c1-14(2)13-16-10-8-15(9-11-16)7-6-12-17(3,4)5/h6-11,14H,12-13H2,1-5H3/b7-6+. The molecule has 0 nitrogen and oxygen atoms in total. The van der Waals surface area contributed by atoms with Gasteiger partial charge >= 0.3 is 0 Å². The maximum atomic E-state index is 2.28. The first-order valence-corrected chi connectivity index (χ1v) is 6.62. The molecule has 0 atom stereocenters. The lowest BCUT2D eigenvalue weighted by atomic mass is 9.92. The number of allylic oxidation sites excluding steroid dienone is 1. The molecule has 0 aliphatic rings. The van der Waals surface area contributed by atoms with E-state index in [1.54, 1.807) is 0 Å². The molecule has 0 heterocycles. The highest BCUT2D eigenvalue weighted by atomic mass is 14.1. The van der Waals surface area contributed by atoms with Crippen molar-refractivity contribution in [1.82, 2.24) is 0 Å². The van der Waals surface area contributed by atoms with Crippen molar-refractivity contribution in [3.05, 3.63) is 41.5 Å². The van der Waals surface area contributed by atoms with Crippen molar-refractivity contribution in [3.63, 3.8) is 0 Å². The molecule has 0 saturated carbocycles. The zero-order chi connectivity index (χ0) is 12.9. The molecule has 1 rings (SSSR count). The van der Waals surface area contributed by atoms with Gasteiger partial charge in [-0.25, -0.2) is 0 Å². The van der Waals surface area contributed by atoms with E-state index in [-0.39, 0.29) is 0 Å². The molecule has 0 N–H and O–H groups in total. The summed E-state index contributed by atoms with van der Waals surface area (Å²) >= 11 is 0. The van der Waals surface area contributed by atoms with Crippen molar-refractivity contribution >= 4 is 6.08 Å². The molecule has 0 bridgehead atoms. The molecular weight excluding hydrogens is 204 g/mol. The largest absolute Gasteiger partial charge is 0.0834 e. The Morgan fingerprint density at radius 1 is 1.06 bits per heavy atom. The second-order valence-electron chi connectivity index (χ2n) is 6.51. The zero-order valence-electron chi connectivity index (χ0n) is 12.0. The van der Waals surface area contributed by atoms with Gasteiger partial charge in [-0.15, -0.1) is 0 Å². The number of hydrogen-bond acceptors (Lipinski definition) is 0. The molecule has 0 aliphatic carbocycles. The maximum absolute atomic E-state index is 2.28. The fraction of sp³-hybridized carbons (Fsp3) is 0.529. The van der Waals surface area contributed by atoms with Crippen LogP contribution in [0.4, 0.5) is 0 Å². The lowest BCUT2D eigenvalue weighted by molar-refractivity contribution is 0.421. The molecular formula is C17H26. The molecule has 0 spiro atoms. The normalized spacial score (nSPS) is 12.6. The van der Waals surface area contributed by atoms with Gasteiger partial charge in [0.25, 0.3) is 0 Å². The summed E-state index contributed by atoms with van der Waals surface area (Å²) in [6.07, 6.45) is 6.80. The summed E-state index contributed by atoms with van der Waals surface area (Å²) in [7, 11) is 0. The summed E-state index contributed by atoms with van der Waals surface area (Å²) in [6.45, 7) is 11.3. The quantitative estimate of drug-likeness (QED) is 0.655. The van der Waals surface area contributed by atoms with Gasteiger partial charge < -0.3 is 0 Å². The molecule has 1 aromatic carbocycles. The lowest BCUT2D eigenvalue weighted by Gasteiger charge is -2.14. The van der Waals surface area contributed by atoms with E-state index in [9.17, 15) is 0 Å². The average Bonchev–Trinajstić information content (AvgIpc) is 2.18. The number of hydrogen-bond donors (Lipinski definition) is 0. The van der Waals surface area contributed by atoms with Crippen LogP contribution in [0.2, 0.25) is 0 Å². The number of benzene rings is 1. The fourth-order valence-corrected chi connectivity index (χ4v) is 1.78. The van der Waals surface area contributed by atoms with Gasteiger partial charge in [0.15, 0.2) is 0 Å². The minimum Gasteiger partial charge on any atom is -0.0834 e. The van der Waals surface area contributed by atoms with E-state index in [0.29, 0.717) is 5.41 Å². The van der Waals surface area contributed by atoms with Crippen LogP contribution in [-0.4, -0.2) is 0 Å². The second kappa shape index (κ2) is 6.05. The second-order valence-corrected chi connectivity index (χ2v) is 6.51. The molecule has 0 radical (unpaired) electrons.